The Kier molecular flexibility index (Phi) is 2.75. The Morgan fingerprint density at radius 1 is 0.810 bits per heavy atom. The van der Waals surface area contributed by atoms with E-state index in [1.54, 1.807) is 0 Å². The van der Waals surface area contributed by atoms with Gasteiger partial charge in [0.2, 0.25) is 11.6 Å². The SMILES string of the molecule is Fc1nc(F)c(F)c(NC23CC4CC(CC(C4)C2)C3)c1F. The van der Waals surface area contributed by atoms with E-state index >= 15 is 0 Å². The maximum atomic E-state index is 13.8. The van der Waals surface area contributed by atoms with Crippen LogP contribution in [0.15, 0.2) is 0 Å². The van der Waals surface area contributed by atoms with Crippen molar-refractivity contribution in [2.75, 3.05) is 5.32 Å². The Morgan fingerprint density at radius 3 is 1.67 bits per heavy atom. The molecule has 4 aliphatic carbocycles. The summed E-state index contributed by atoms with van der Waals surface area (Å²) in [5.41, 5.74) is -1.11. The highest BCUT2D eigenvalue weighted by Gasteiger charge is 2.51. The first kappa shape index (κ1) is 13.3. The molecule has 6 heteroatoms. The van der Waals surface area contributed by atoms with Gasteiger partial charge in [0.05, 0.1) is 0 Å². The number of hydrogen-bond acceptors (Lipinski definition) is 2. The molecule has 4 fully saturated rings. The summed E-state index contributed by atoms with van der Waals surface area (Å²) in [6.07, 6.45) is 5.98. The van der Waals surface area contributed by atoms with Crippen LogP contribution < -0.4 is 5.32 Å². The molecule has 0 atom stereocenters. The van der Waals surface area contributed by atoms with E-state index < -0.39 is 34.8 Å². The molecule has 4 bridgehead atoms. The summed E-state index contributed by atoms with van der Waals surface area (Å²) in [6, 6.07) is 0. The van der Waals surface area contributed by atoms with Crippen molar-refractivity contribution in [3.05, 3.63) is 23.5 Å². The van der Waals surface area contributed by atoms with Gasteiger partial charge in [-0.1, -0.05) is 0 Å². The molecule has 0 spiro atoms. The minimum absolute atomic E-state index is 0.420. The Labute approximate surface area is 119 Å². The molecule has 4 aliphatic rings. The molecule has 1 heterocycles. The molecule has 1 aromatic heterocycles. The maximum absolute atomic E-state index is 13.8. The van der Waals surface area contributed by atoms with E-state index in [0.717, 1.165) is 19.3 Å². The van der Waals surface area contributed by atoms with Crippen molar-refractivity contribution >= 4 is 5.69 Å². The summed E-state index contributed by atoms with van der Waals surface area (Å²) in [5, 5.41) is 2.83. The molecule has 0 radical (unpaired) electrons. The van der Waals surface area contributed by atoms with Crippen LogP contribution in [-0.2, 0) is 0 Å². The summed E-state index contributed by atoms with van der Waals surface area (Å²) >= 11 is 0. The minimum atomic E-state index is -1.60. The molecule has 4 saturated carbocycles. The third kappa shape index (κ3) is 2.02. The zero-order valence-electron chi connectivity index (χ0n) is 11.4. The average Bonchev–Trinajstić information content (AvgIpc) is 2.40. The summed E-state index contributed by atoms with van der Waals surface area (Å²) < 4.78 is 54.1. The standard InChI is InChI=1S/C15H16F4N2/c16-10-12(11(17)14(19)20-13(10)18)21-15-4-7-1-8(5-15)3-9(2-7)6-15/h7-9H,1-6H2,(H,20,21). The molecule has 1 N–H and O–H groups in total. The fourth-order valence-corrected chi connectivity index (χ4v) is 5.13. The molecule has 0 unspecified atom stereocenters. The third-order valence-electron chi connectivity index (χ3n) is 5.43. The van der Waals surface area contributed by atoms with Gasteiger partial charge in [-0.15, -0.1) is 0 Å². The Bertz CT molecular complexity index is 540. The molecule has 0 saturated heterocycles. The second-order valence-corrected chi connectivity index (χ2v) is 7.02. The van der Waals surface area contributed by atoms with Crippen LogP contribution >= 0.6 is 0 Å². The highest BCUT2D eigenvalue weighted by Crippen LogP contribution is 2.56. The lowest BCUT2D eigenvalue weighted by Crippen LogP contribution is -2.55. The van der Waals surface area contributed by atoms with Gasteiger partial charge in [-0.05, 0) is 56.3 Å². The van der Waals surface area contributed by atoms with E-state index in [1.807, 2.05) is 0 Å². The van der Waals surface area contributed by atoms with Gasteiger partial charge in [0.1, 0.15) is 5.69 Å². The summed E-state index contributed by atoms with van der Waals surface area (Å²) in [5.74, 6) is -4.36. The number of halogens is 4. The largest absolute Gasteiger partial charge is 0.375 e. The van der Waals surface area contributed by atoms with Gasteiger partial charge in [-0.2, -0.15) is 22.5 Å². The van der Waals surface area contributed by atoms with E-state index in [2.05, 4.69) is 10.3 Å². The lowest BCUT2D eigenvalue weighted by molar-refractivity contribution is 0.0103. The molecular formula is C15H16F4N2. The number of pyridine rings is 1. The van der Waals surface area contributed by atoms with Crippen molar-refractivity contribution < 1.29 is 17.6 Å². The first-order valence-corrected chi connectivity index (χ1v) is 7.44. The first-order valence-electron chi connectivity index (χ1n) is 7.44. The van der Waals surface area contributed by atoms with Crippen molar-refractivity contribution in [3.8, 4) is 0 Å². The first-order chi connectivity index (χ1) is 9.96. The summed E-state index contributed by atoms with van der Waals surface area (Å²) in [6.45, 7) is 0. The number of anilines is 1. The van der Waals surface area contributed by atoms with Crippen LogP contribution in [0.25, 0.3) is 0 Å². The normalized spacial score (nSPS) is 37.0. The fraction of sp³-hybridized carbons (Fsp3) is 0.667. The van der Waals surface area contributed by atoms with Crippen molar-refractivity contribution in [2.24, 2.45) is 17.8 Å². The van der Waals surface area contributed by atoms with Gasteiger partial charge < -0.3 is 5.32 Å². The molecule has 0 aliphatic heterocycles. The molecule has 0 amide bonds. The van der Waals surface area contributed by atoms with Crippen molar-refractivity contribution in [3.63, 3.8) is 0 Å². The lowest BCUT2D eigenvalue weighted by Gasteiger charge is -2.57. The smallest absolute Gasteiger partial charge is 0.253 e. The zero-order valence-corrected chi connectivity index (χ0v) is 11.4. The van der Waals surface area contributed by atoms with Crippen LogP contribution in [0, 0.1) is 41.3 Å². The second kappa shape index (κ2) is 4.34. The van der Waals surface area contributed by atoms with Gasteiger partial charge >= 0.3 is 0 Å². The molecule has 0 aromatic carbocycles. The Balaban J connectivity index is 1.70. The second-order valence-electron chi connectivity index (χ2n) is 7.02. The van der Waals surface area contributed by atoms with Crippen LogP contribution in [0.1, 0.15) is 38.5 Å². The van der Waals surface area contributed by atoms with Gasteiger partial charge in [0, 0.05) is 5.54 Å². The third-order valence-corrected chi connectivity index (χ3v) is 5.43. The Morgan fingerprint density at radius 2 is 1.24 bits per heavy atom. The lowest BCUT2D eigenvalue weighted by atomic mass is 9.53. The van der Waals surface area contributed by atoms with Crippen LogP contribution in [-0.4, -0.2) is 10.5 Å². The maximum Gasteiger partial charge on any atom is 0.253 e. The van der Waals surface area contributed by atoms with Crippen molar-refractivity contribution in [2.45, 2.75) is 44.1 Å². The Hall–Kier alpha value is -1.33. The van der Waals surface area contributed by atoms with Crippen LogP contribution in [0.3, 0.4) is 0 Å². The van der Waals surface area contributed by atoms with Gasteiger partial charge in [-0.3, -0.25) is 0 Å². The zero-order chi connectivity index (χ0) is 14.8. The molecule has 2 nitrogen and oxygen atoms in total. The number of rotatable bonds is 2. The van der Waals surface area contributed by atoms with E-state index in [9.17, 15) is 17.6 Å². The number of aromatic nitrogens is 1. The number of nitrogens with one attached hydrogen (secondary N) is 1. The van der Waals surface area contributed by atoms with E-state index in [4.69, 9.17) is 0 Å². The van der Waals surface area contributed by atoms with Gasteiger partial charge in [-0.25, -0.2) is 0 Å². The fourth-order valence-electron chi connectivity index (χ4n) is 5.13. The summed E-state index contributed by atoms with van der Waals surface area (Å²) in [7, 11) is 0. The predicted molar refractivity (Wildman–Crippen MR) is 68.6 cm³/mol. The number of hydrogen-bond donors (Lipinski definition) is 1. The minimum Gasteiger partial charge on any atom is -0.375 e. The average molecular weight is 300 g/mol. The van der Waals surface area contributed by atoms with Gasteiger partial charge in [0.25, 0.3) is 11.9 Å². The quantitative estimate of drug-likeness (QED) is 0.659. The molecule has 114 valence electrons. The molecule has 1 aromatic rings. The predicted octanol–water partition coefficient (Wildman–Crippen LogP) is 4.02. The molecule has 21 heavy (non-hydrogen) atoms. The van der Waals surface area contributed by atoms with Crippen molar-refractivity contribution in [1.82, 2.24) is 4.98 Å². The highest BCUT2D eigenvalue weighted by atomic mass is 19.2. The highest BCUT2D eigenvalue weighted by molar-refractivity contribution is 5.48. The van der Waals surface area contributed by atoms with E-state index in [1.165, 1.54) is 19.3 Å². The topological polar surface area (TPSA) is 24.9 Å². The van der Waals surface area contributed by atoms with Crippen LogP contribution in [0.2, 0.25) is 0 Å². The van der Waals surface area contributed by atoms with Crippen LogP contribution in [0.5, 0.6) is 0 Å². The number of nitrogens with zero attached hydrogens (tertiary/aromatic N) is 1. The van der Waals surface area contributed by atoms with E-state index in [-0.39, 0.29) is 0 Å². The molecular weight excluding hydrogens is 284 g/mol. The van der Waals surface area contributed by atoms with E-state index in [0.29, 0.717) is 17.8 Å². The van der Waals surface area contributed by atoms with Crippen LogP contribution in [0.4, 0.5) is 23.2 Å². The monoisotopic (exact) mass is 300 g/mol. The van der Waals surface area contributed by atoms with Gasteiger partial charge in [0.15, 0.2) is 0 Å². The summed E-state index contributed by atoms with van der Waals surface area (Å²) in [4.78, 5) is 2.60. The molecule has 5 rings (SSSR count). The van der Waals surface area contributed by atoms with Crippen molar-refractivity contribution in [1.29, 1.82) is 0 Å².